The zero-order chi connectivity index (χ0) is 15.5. The Morgan fingerprint density at radius 2 is 1.77 bits per heavy atom. The highest BCUT2D eigenvalue weighted by atomic mass is 16.6. The number of benzene rings is 2. The van der Waals surface area contributed by atoms with Gasteiger partial charge < -0.3 is 10.5 Å². The Balaban J connectivity index is 2.02. The Kier molecular flexibility index (Phi) is 3.57. The van der Waals surface area contributed by atoms with E-state index < -0.39 is 4.92 Å². The predicted octanol–water partition coefficient (Wildman–Crippen LogP) is 3.30. The SMILES string of the molecule is Nc1c(OCc2ccccc2)nc2ccccc2c1[N+](=O)[O-]. The van der Waals surface area contributed by atoms with Crippen molar-refractivity contribution in [1.29, 1.82) is 0 Å². The molecule has 0 atom stereocenters. The summed E-state index contributed by atoms with van der Waals surface area (Å²) in [6, 6.07) is 16.2. The summed E-state index contributed by atoms with van der Waals surface area (Å²) in [5.74, 6) is 0.0780. The van der Waals surface area contributed by atoms with Gasteiger partial charge >= 0.3 is 5.69 Å². The standard InChI is InChI=1S/C16H13N3O3/c17-14-15(19(20)21)12-8-4-5-9-13(12)18-16(14)22-10-11-6-2-1-3-7-11/h1-9H,10,17H2. The van der Waals surface area contributed by atoms with Crippen LogP contribution in [0.1, 0.15) is 5.56 Å². The van der Waals surface area contributed by atoms with Crippen molar-refractivity contribution >= 4 is 22.3 Å². The number of nitrogens with two attached hydrogens (primary N) is 1. The van der Waals surface area contributed by atoms with E-state index in [2.05, 4.69) is 4.98 Å². The minimum Gasteiger partial charge on any atom is -0.471 e. The van der Waals surface area contributed by atoms with E-state index >= 15 is 0 Å². The van der Waals surface area contributed by atoms with Crippen LogP contribution in [0.2, 0.25) is 0 Å². The Bertz CT molecular complexity index is 835. The summed E-state index contributed by atoms with van der Waals surface area (Å²) in [7, 11) is 0. The quantitative estimate of drug-likeness (QED) is 0.589. The van der Waals surface area contributed by atoms with Crippen molar-refractivity contribution in [3.05, 3.63) is 70.3 Å². The summed E-state index contributed by atoms with van der Waals surface area (Å²) in [5.41, 5.74) is 7.07. The number of aromatic nitrogens is 1. The van der Waals surface area contributed by atoms with E-state index in [0.29, 0.717) is 10.9 Å². The highest BCUT2D eigenvalue weighted by Crippen LogP contribution is 2.36. The first-order chi connectivity index (χ1) is 10.7. The molecule has 6 nitrogen and oxygen atoms in total. The maximum atomic E-state index is 11.3. The summed E-state index contributed by atoms with van der Waals surface area (Å²) in [5, 5.41) is 11.7. The maximum Gasteiger partial charge on any atom is 0.307 e. The van der Waals surface area contributed by atoms with Gasteiger partial charge in [-0.05, 0) is 17.7 Å². The highest BCUT2D eigenvalue weighted by Gasteiger charge is 2.22. The topological polar surface area (TPSA) is 91.3 Å². The van der Waals surface area contributed by atoms with Crippen LogP contribution in [0, 0.1) is 10.1 Å². The van der Waals surface area contributed by atoms with E-state index in [-0.39, 0.29) is 23.9 Å². The number of nitrogens with zero attached hydrogens (tertiary/aromatic N) is 2. The molecule has 0 spiro atoms. The summed E-state index contributed by atoms with van der Waals surface area (Å²) in [4.78, 5) is 15.1. The number of para-hydroxylation sites is 1. The Morgan fingerprint density at radius 1 is 1.09 bits per heavy atom. The largest absolute Gasteiger partial charge is 0.471 e. The summed E-state index contributed by atoms with van der Waals surface area (Å²) < 4.78 is 5.58. The Hall–Kier alpha value is -3.15. The molecule has 0 aliphatic heterocycles. The molecule has 0 aliphatic rings. The summed E-state index contributed by atoms with van der Waals surface area (Å²) >= 11 is 0. The fourth-order valence-corrected chi connectivity index (χ4v) is 2.22. The van der Waals surface area contributed by atoms with Gasteiger partial charge in [-0.25, -0.2) is 4.98 Å². The van der Waals surface area contributed by atoms with E-state index in [1.165, 1.54) is 0 Å². The molecule has 0 radical (unpaired) electrons. The van der Waals surface area contributed by atoms with Gasteiger partial charge in [0.1, 0.15) is 6.61 Å². The van der Waals surface area contributed by atoms with Crippen molar-refractivity contribution in [1.82, 2.24) is 4.98 Å². The average molecular weight is 295 g/mol. The fraction of sp³-hybridized carbons (Fsp3) is 0.0625. The normalized spacial score (nSPS) is 10.5. The highest BCUT2D eigenvalue weighted by molar-refractivity contribution is 5.95. The van der Waals surface area contributed by atoms with Gasteiger partial charge in [-0.3, -0.25) is 10.1 Å². The monoisotopic (exact) mass is 295 g/mol. The third kappa shape index (κ3) is 2.54. The number of nitrogen functional groups attached to an aromatic ring is 1. The van der Waals surface area contributed by atoms with E-state index in [9.17, 15) is 10.1 Å². The van der Waals surface area contributed by atoms with Gasteiger partial charge in [0, 0.05) is 0 Å². The van der Waals surface area contributed by atoms with Crippen molar-refractivity contribution in [2.24, 2.45) is 0 Å². The molecular formula is C16H13N3O3. The maximum absolute atomic E-state index is 11.3. The molecule has 0 saturated carbocycles. The minimum atomic E-state index is -0.505. The number of hydrogen-bond donors (Lipinski definition) is 1. The molecule has 110 valence electrons. The molecule has 0 amide bonds. The molecule has 3 rings (SSSR count). The molecule has 22 heavy (non-hydrogen) atoms. The van der Waals surface area contributed by atoms with Gasteiger partial charge in [-0.1, -0.05) is 42.5 Å². The molecule has 0 unspecified atom stereocenters. The van der Waals surface area contributed by atoms with Crippen molar-refractivity contribution in [3.8, 4) is 5.88 Å². The second kappa shape index (κ2) is 5.69. The lowest BCUT2D eigenvalue weighted by Crippen LogP contribution is -2.05. The van der Waals surface area contributed by atoms with Gasteiger partial charge in [-0.15, -0.1) is 0 Å². The Labute approximate surface area is 126 Å². The molecule has 1 heterocycles. The number of anilines is 1. The molecule has 2 N–H and O–H groups in total. The van der Waals surface area contributed by atoms with Gasteiger partial charge in [0.15, 0.2) is 5.69 Å². The summed E-state index contributed by atoms with van der Waals surface area (Å²) in [6.45, 7) is 0.244. The molecule has 0 bridgehead atoms. The molecular weight excluding hydrogens is 282 g/mol. The number of hydrogen-bond acceptors (Lipinski definition) is 5. The smallest absolute Gasteiger partial charge is 0.307 e. The lowest BCUT2D eigenvalue weighted by molar-refractivity contribution is -0.382. The average Bonchev–Trinajstić information content (AvgIpc) is 2.53. The van der Waals surface area contributed by atoms with Gasteiger partial charge in [-0.2, -0.15) is 0 Å². The van der Waals surface area contributed by atoms with Crippen LogP contribution in [-0.4, -0.2) is 9.91 Å². The van der Waals surface area contributed by atoms with Crippen molar-refractivity contribution in [2.45, 2.75) is 6.61 Å². The van der Waals surface area contributed by atoms with E-state index in [0.717, 1.165) is 5.56 Å². The zero-order valence-electron chi connectivity index (χ0n) is 11.6. The molecule has 0 aliphatic carbocycles. The molecule has 0 saturated heterocycles. The van der Waals surface area contributed by atoms with Crippen molar-refractivity contribution in [3.63, 3.8) is 0 Å². The molecule has 1 aromatic heterocycles. The fourth-order valence-electron chi connectivity index (χ4n) is 2.22. The van der Waals surface area contributed by atoms with Crippen LogP contribution in [0.15, 0.2) is 54.6 Å². The van der Waals surface area contributed by atoms with Gasteiger partial charge in [0.2, 0.25) is 5.88 Å². The lowest BCUT2D eigenvalue weighted by atomic mass is 10.1. The lowest BCUT2D eigenvalue weighted by Gasteiger charge is -2.10. The van der Waals surface area contributed by atoms with Gasteiger partial charge in [0.05, 0.1) is 15.8 Å². The van der Waals surface area contributed by atoms with E-state index in [4.69, 9.17) is 10.5 Å². The van der Waals surface area contributed by atoms with Crippen LogP contribution in [0.25, 0.3) is 10.9 Å². The summed E-state index contributed by atoms with van der Waals surface area (Å²) in [6.07, 6.45) is 0. The Morgan fingerprint density at radius 3 is 2.50 bits per heavy atom. The third-order valence-corrected chi connectivity index (χ3v) is 3.27. The van der Waals surface area contributed by atoms with E-state index in [1.807, 2.05) is 30.3 Å². The molecule has 0 fully saturated rings. The minimum absolute atomic E-state index is 0.0559. The molecule has 2 aromatic carbocycles. The van der Waals surface area contributed by atoms with E-state index in [1.54, 1.807) is 24.3 Å². The van der Waals surface area contributed by atoms with Crippen LogP contribution >= 0.6 is 0 Å². The van der Waals surface area contributed by atoms with Crippen LogP contribution in [0.3, 0.4) is 0 Å². The van der Waals surface area contributed by atoms with Crippen LogP contribution in [-0.2, 0) is 6.61 Å². The second-order valence-corrected chi connectivity index (χ2v) is 4.73. The van der Waals surface area contributed by atoms with Gasteiger partial charge in [0.25, 0.3) is 0 Å². The third-order valence-electron chi connectivity index (χ3n) is 3.27. The predicted molar refractivity (Wildman–Crippen MR) is 83.6 cm³/mol. The van der Waals surface area contributed by atoms with Crippen molar-refractivity contribution < 1.29 is 9.66 Å². The molecule has 3 aromatic rings. The first-order valence-electron chi connectivity index (χ1n) is 6.66. The second-order valence-electron chi connectivity index (χ2n) is 4.73. The van der Waals surface area contributed by atoms with Crippen LogP contribution in [0.5, 0.6) is 5.88 Å². The van der Waals surface area contributed by atoms with Crippen molar-refractivity contribution in [2.75, 3.05) is 5.73 Å². The number of nitro groups is 1. The number of ether oxygens (including phenoxy) is 1. The first-order valence-corrected chi connectivity index (χ1v) is 6.66. The number of fused-ring (bicyclic) bond motifs is 1. The van der Waals surface area contributed by atoms with Crippen LogP contribution in [0.4, 0.5) is 11.4 Å². The first kappa shape index (κ1) is 13.8. The molecule has 6 heteroatoms. The number of pyridine rings is 1. The van der Waals surface area contributed by atoms with Crippen LogP contribution < -0.4 is 10.5 Å². The zero-order valence-corrected chi connectivity index (χ0v) is 11.6. The number of rotatable bonds is 4.